The van der Waals surface area contributed by atoms with Crippen LogP contribution < -0.4 is 16.1 Å². The van der Waals surface area contributed by atoms with Gasteiger partial charge in [0.05, 0.1) is 18.1 Å². The van der Waals surface area contributed by atoms with E-state index in [0.29, 0.717) is 5.57 Å². The van der Waals surface area contributed by atoms with Gasteiger partial charge in [0.25, 0.3) is 0 Å². The quantitative estimate of drug-likeness (QED) is 0.778. The summed E-state index contributed by atoms with van der Waals surface area (Å²) >= 11 is 0. The molecule has 2 aromatic rings. The van der Waals surface area contributed by atoms with E-state index in [1.165, 1.54) is 6.20 Å². The first kappa shape index (κ1) is 20.4. The van der Waals surface area contributed by atoms with Crippen LogP contribution in [0.4, 0.5) is 14.6 Å². The Hall–Kier alpha value is -2.85. The highest BCUT2D eigenvalue weighted by molar-refractivity contribution is 5.92. The molecule has 1 atom stereocenters. The average molecular weight is 420 g/mol. The van der Waals surface area contributed by atoms with Gasteiger partial charge in [0.1, 0.15) is 17.0 Å². The SMILES string of the molecule is C[C@H]1CN(c2nc3c(cc2F)c(=O)c(C(=O)O)cn3C2CC2)C/C(=C(/F)CN)CO1. The van der Waals surface area contributed by atoms with Gasteiger partial charge in [-0.2, -0.15) is 0 Å². The maximum absolute atomic E-state index is 15.1. The van der Waals surface area contributed by atoms with Gasteiger partial charge in [-0.1, -0.05) is 0 Å². The predicted molar refractivity (Wildman–Crippen MR) is 106 cm³/mol. The highest BCUT2D eigenvalue weighted by atomic mass is 19.1. The first-order chi connectivity index (χ1) is 14.3. The topological polar surface area (TPSA) is 111 Å². The molecule has 2 fully saturated rings. The second-order valence-electron chi connectivity index (χ2n) is 7.70. The molecule has 0 bridgehead atoms. The molecule has 30 heavy (non-hydrogen) atoms. The van der Waals surface area contributed by atoms with E-state index in [1.54, 1.807) is 16.4 Å². The summed E-state index contributed by atoms with van der Waals surface area (Å²) in [6.45, 7) is 1.86. The number of ether oxygens (including phenoxy) is 1. The van der Waals surface area contributed by atoms with E-state index < -0.39 is 28.6 Å². The highest BCUT2D eigenvalue weighted by Crippen LogP contribution is 2.37. The van der Waals surface area contributed by atoms with Gasteiger partial charge in [-0.25, -0.2) is 18.6 Å². The lowest BCUT2D eigenvalue weighted by Crippen LogP contribution is -2.32. The van der Waals surface area contributed by atoms with Crippen molar-refractivity contribution >= 4 is 22.8 Å². The molecule has 1 aliphatic carbocycles. The number of carboxylic acids is 1. The molecule has 0 unspecified atom stereocenters. The number of halogens is 2. The molecule has 3 N–H and O–H groups in total. The number of aromatic nitrogens is 2. The van der Waals surface area contributed by atoms with Crippen molar-refractivity contribution in [1.29, 1.82) is 0 Å². The van der Waals surface area contributed by atoms with Crippen LogP contribution in [0.25, 0.3) is 11.0 Å². The number of hydrogen-bond donors (Lipinski definition) is 2. The lowest BCUT2D eigenvalue weighted by molar-refractivity contribution is 0.0694. The number of nitrogens with two attached hydrogens (primary N) is 1. The summed E-state index contributed by atoms with van der Waals surface area (Å²) in [5.74, 6) is -2.72. The third kappa shape index (κ3) is 3.68. The fraction of sp³-hybridized carbons (Fsp3) is 0.450. The lowest BCUT2D eigenvalue weighted by Gasteiger charge is -2.25. The van der Waals surface area contributed by atoms with Crippen molar-refractivity contribution in [2.24, 2.45) is 5.73 Å². The summed E-state index contributed by atoms with van der Waals surface area (Å²) in [5.41, 5.74) is 4.73. The number of anilines is 1. The van der Waals surface area contributed by atoms with Crippen LogP contribution in [-0.2, 0) is 4.74 Å². The summed E-state index contributed by atoms with van der Waals surface area (Å²) in [4.78, 5) is 30.0. The zero-order chi connectivity index (χ0) is 21.6. The van der Waals surface area contributed by atoms with Crippen molar-refractivity contribution in [3.05, 3.63) is 45.3 Å². The van der Waals surface area contributed by atoms with Crippen LogP contribution >= 0.6 is 0 Å². The molecule has 1 saturated carbocycles. The fourth-order valence-electron chi connectivity index (χ4n) is 3.66. The maximum atomic E-state index is 15.1. The maximum Gasteiger partial charge on any atom is 0.341 e. The number of carbonyl (C=O) groups is 1. The molecule has 4 rings (SSSR count). The van der Waals surface area contributed by atoms with Crippen LogP contribution in [0.15, 0.2) is 28.5 Å². The van der Waals surface area contributed by atoms with E-state index in [-0.39, 0.29) is 55.2 Å². The number of nitrogens with zero attached hydrogens (tertiary/aromatic N) is 3. The minimum atomic E-state index is -1.37. The van der Waals surface area contributed by atoms with E-state index in [1.807, 2.05) is 0 Å². The van der Waals surface area contributed by atoms with Gasteiger partial charge in [0, 0.05) is 37.4 Å². The van der Waals surface area contributed by atoms with Crippen LogP contribution in [0.2, 0.25) is 0 Å². The molecule has 1 aliphatic heterocycles. The molecular formula is C20H22F2N4O4. The molecule has 10 heteroatoms. The van der Waals surface area contributed by atoms with Crippen LogP contribution in [0.5, 0.6) is 0 Å². The van der Waals surface area contributed by atoms with Crippen LogP contribution in [-0.4, -0.2) is 53.0 Å². The Balaban J connectivity index is 1.88. The number of carboxylic acid groups (broad SMARTS) is 1. The standard InChI is InChI=1S/C20H22F2N4O4/c1-10-6-25(7-11(9-30-10)16(22)5-23)19-15(21)4-13-17(27)14(20(28)29)8-26(12-2-3-12)18(13)24-19/h4,8,10,12H,2-3,5-7,9,23H2,1H3,(H,28,29)/b16-11-/t10-/m0/s1. The van der Waals surface area contributed by atoms with Crippen LogP contribution in [0, 0.1) is 5.82 Å². The van der Waals surface area contributed by atoms with E-state index in [9.17, 15) is 19.1 Å². The van der Waals surface area contributed by atoms with E-state index in [0.717, 1.165) is 18.9 Å². The number of rotatable bonds is 4. The zero-order valence-corrected chi connectivity index (χ0v) is 16.4. The summed E-state index contributed by atoms with van der Waals surface area (Å²) in [6, 6.07) is 1.03. The average Bonchev–Trinajstić information content (AvgIpc) is 3.55. The van der Waals surface area contributed by atoms with Gasteiger partial charge in [0.15, 0.2) is 11.6 Å². The fourth-order valence-corrected chi connectivity index (χ4v) is 3.66. The first-order valence-corrected chi connectivity index (χ1v) is 9.71. The van der Waals surface area contributed by atoms with Crippen molar-refractivity contribution in [3.8, 4) is 0 Å². The second kappa shape index (κ2) is 7.77. The number of aromatic carboxylic acids is 1. The predicted octanol–water partition coefficient (Wildman–Crippen LogP) is 1.98. The van der Waals surface area contributed by atoms with Gasteiger partial charge in [-0.05, 0) is 25.8 Å². The van der Waals surface area contributed by atoms with Crippen molar-refractivity contribution in [2.45, 2.75) is 31.9 Å². The Labute approximate surface area is 170 Å². The Morgan fingerprint density at radius 2 is 2.17 bits per heavy atom. The van der Waals surface area contributed by atoms with Gasteiger partial charge >= 0.3 is 5.97 Å². The molecule has 0 amide bonds. The lowest BCUT2D eigenvalue weighted by atomic mass is 10.1. The van der Waals surface area contributed by atoms with Gasteiger partial charge in [-0.15, -0.1) is 0 Å². The highest BCUT2D eigenvalue weighted by Gasteiger charge is 2.30. The first-order valence-electron chi connectivity index (χ1n) is 9.71. The normalized spacial score (nSPS) is 21.6. The Morgan fingerprint density at radius 1 is 1.43 bits per heavy atom. The van der Waals surface area contributed by atoms with Crippen molar-refractivity contribution in [3.63, 3.8) is 0 Å². The monoisotopic (exact) mass is 420 g/mol. The molecule has 160 valence electrons. The molecule has 0 spiro atoms. The summed E-state index contributed by atoms with van der Waals surface area (Å²) in [6.07, 6.45) is 2.58. The molecule has 3 heterocycles. The molecule has 1 saturated heterocycles. The third-order valence-electron chi connectivity index (χ3n) is 5.37. The van der Waals surface area contributed by atoms with Gasteiger partial charge < -0.3 is 25.0 Å². The van der Waals surface area contributed by atoms with E-state index in [2.05, 4.69) is 4.98 Å². The second-order valence-corrected chi connectivity index (χ2v) is 7.70. The Bertz CT molecular complexity index is 1110. The Kier molecular flexibility index (Phi) is 5.29. The molecule has 0 radical (unpaired) electrons. The molecule has 8 nitrogen and oxygen atoms in total. The largest absolute Gasteiger partial charge is 0.477 e. The minimum absolute atomic E-state index is 0.00791. The van der Waals surface area contributed by atoms with E-state index >= 15 is 4.39 Å². The van der Waals surface area contributed by atoms with Gasteiger partial charge in [0.2, 0.25) is 5.43 Å². The third-order valence-corrected chi connectivity index (χ3v) is 5.37. The summed E-state index contributed by atoms with van der Waals surface area (Å²) in [7, 11) is 0. The zero-order valence-electron chi connectivity index (χ0n) is 16.4. The molecule has 2 aromatic heterocycles. The summed E-state index contributed by atoms with van der Waals surface area (Å²) in [5, 5.41) is 9.25. The molecule has 2 aliphatic rings. The summed E-state index contributed by atoms with van der Waals surface area (Å²) < 4.78 is 36.4. The number of fused-ring (bicyclic) bond motifs is 1. The smallest absolute Gasteiger partial charge is 0.341 e. The van der Waals surface area contributed by atoms with Gasteiger partial charge in [-0.3, -0.25) is 4.79 Å². The van der Waals surface area contributed by atoms with E-state index in [4.69, 9.17) is 10.5 Å². The Morgan fingerprint density at radius 3 is 2.80 bits per heavy atom. The minimum Gasteiger partial charge on any atom is -0.477 e. The number of hydrogen-bond acceptors (Lipinski definition) is 6. The van der Waals surface area contributed by atoms with Crippen LogP contribution in [0.1, 0.15) is 36.2 Å². The van der Waals surface area contributed by atoms with Crippen molar-refractivity contribution in [2.75, 3.05) is 31.1 Å². The van der Waals surface area contributed by atoms with Crippen LogP contribution in [0.3, 0.4) is 0 Å². The molecular weight excluding hydrogens is 398 g/mol. The van der Waals surface area contributed by atoms with Crippen molar-refractivity contribution < 1.29 is 23.4 Å². The molecule has 0 aromatic carbocycles. The van der Waals surface area contributed by atoms with Crippen molar-refractivity contribution in [1.82, 2.24) is 9.55 Å². The number of pyridine rings is 2.